The van der Waals surface area contributed by atoms with Gasteiger partial charge in [0, 0.05) is 18.7 Å². The first-order chi connectivity index (χ1) is 10.5. The van der Waals surface area contributed by atoms with Crippen LogP contribution in [0.15, 0.2) is 30.3 Å². The lowest BCUT2D eigenvalue weighted by Gasteiger charge is -2.12. The summed E-state index contributed by atoms with van der Waals surface area (Å²) in [5.74, 6) is 0.558. The highest BCUT2D eigenvalue weighted by Crippen LogP contribution is 2.24. The van der Waals surface area contributed by atoms with Crippen molar-refractivity contribution in [3.63, 3.8) is 0 Å². The highest BCUT2D eigenvalue weighted by atomic mass is 19.1. The molecule has 0 aliphatic carbocycles. The number of hydrogen-bond acceptors (Lipinski definition) is 3. The van der Waals surface area contributed by atoms with Gasteiger partial charge in [0.05, 0.1) is 13.7 Å². The predicted molar refractivity (Wildman–Crippen MR) is 85.3 cm³/mol. The minimum atomic E-state index is -0.368. The SMILES string of the molecule is COc1c(C)cc(CNCc2ccc(F)c(CO)c2)cc1C. The van der Waals surface area contributed by atoms with Gasteiger partial charge in [-0.2, -0.15) is 0 Å². The molecule has 2 aromatic rings. The van der Waals surface area contributed by atoms with Gasteiger partial charge < -0.3 is 15.2 Å². The molecule has 2 aromatic carbocycles. The van der Waals surface area contributed by atoms with Gasteiger partial charge in [0.1, 0.15) is 11.6 Å². The van der Waals surface area contributed by atoms with Crippen LogP contribution in [0.4, 0.5) is 4.39 Å². The number of benzene rings is 2. The summed E-state index contributed by atoms with van der Waals surface area (Å²) in [5.41, 5.74) is 4.69. The van der Waals surface area contributed by atoms with Crippen LogP contribution in [0.3, 0.4) is 0 Å². The summed E-state index contributed by atoms with van der Waals surface area (Å²) < 4.78 is 18.7. The van der Waals surface area contributed by atoms with Crippen LogP contribution in [0.5, 0.6) is 5.75 Å². The maximum atomic E-state index is 13.3. The summed E-state index contributed by atoms with van der Waals surface area (Å²) in [7, 11) is 1.68. The van der Waals surface area contributed by atoms with Gasteiger partial charge in [-0.1, -0.05) is 18.2 Å². The zero-order valence-electron chi connectivity index (χ0n) is 13.2. The summed E-state index contributed by atoms with van der Waals surface area (Å²) in [5, 5.41) is 12.4. The maximum Gasteiger partial charge on any atom is 0.128 e. The van der Waals surface area contributed by atoms with E-state index in [1.165, 1.54) is 11.6 Å². The van der Waals surface area contributed by atoms with Crippen molar-refractivity contribution < 1.29 is 14.2 Å². The van der Waals surface area contributed by atoms with E-state index >= 15 is 0 Å². The molecule has 0 aliphatic heterocycles. The Morgan fingerprint density at radius 1 is 1.05 bits per heavy atom. The zero-order chi connectivity index (χ0) is 16.1. The van der Waals surface area contributed by atoms with E-state index in [2.05, 4.69) is 17.4 Å². The van der Waals surface area contributed by atoms with Gasteiger partial charge in [0.15, 0.2) is 0 Å². The summed E-state index contributed by atoms with van der Waals surface area (Å²) >= 11 is 0. The Bertz CT molecular complexity index is 633. The molecule has 0 unspecified atom stereocenters. The number of hydrogen-bond donors (Lipinski definition) is 2. The van der Waals surface area contributed by atoms with Crippen LogP contribution in [-0.4, -0.2) is 12.2 Å². The molecule has 0 aliphatic rings. The van der Waals surface area contributed by atoms with Crippen LogP contribution < -0.4 is 10.1 Å². The summed E-state index contributed by atoms with van der Waals surface area (Å²) in [6, 6.07) is 9.01. The lowest BCUT2D eigenvalue weighted by molar-refractivity contribution is 0.275. The van der Waals surface area contributed by atoms with Crippen LogP contribution in [0, 0.1) is 19.7 Å². The number of nitrogens with one attached hydrogen (secondary N) is 1. The summed E-state index contributed by atoms with van der Waals surface area (Å²) in [6.45, 7) is 5.12. The molecule has 118 valence electrons. The molecule has 0 radical (unpaired) electrons. The van der Waals surface area contributed by atoms with Crippen LogP contribution in [-0.2, 0) is 19.7 Å². The lowest BCUT2D eigenvalue weighted by Crippen LogP contribution is -2.13. The fraction of sp³-hybridized carbons (Fsp3) is 0.333. The molecular weight excluding hydrogens is 281 g/mol. The standard InChI is InChI=1S/C18H22FNO2/c1-12-6-15(7-13(2)18(12)22-3)10-20-9-14-4-5-17(19)16(8-14)11-21/h4-8,20-21H,9-11H2,1-3H3. The van der Waals surface area contributed by atoms with Crippen LogP contribution >= 0.6 is 0 Å². The number of ether oxygens (including phenoxy) is 1. The molecule has 0 aromatic heterocycles. The van der Waals surface area contributed by atoms with E-state index in [-0.39, 0.29) is 12.4 Å². The van der Waals surface area contributed by atoms with Crippen molar-refractivity contribution in [1.82, 2.24) is 5.32 Å². The highest BCUT2D eigenvalue weighted by Gasteiger charge is 2.06. The van der Waals surface area contributed by atoms with Crippen molar-refractivity contribution in [2.75, 3.05) is 7.11 Å². The molecule has 3 nitrogen and oxygen atoms in total. The molecule has 0 bridgehead atoms. The molecule has 0 amide bonds. The largest absolute Gasteiger partial charge is 0.496 e. The molecule has 22 heavy (non-hydrogen) atoms. The van der Waals surface area contributed by atoms with Crippen molar-refractivity contribution in [3.05, 3.63) is 64.0 Å². The second kappa shape index (κ2) is 7.38. The van der Waals surface area contributed by atoms with Crippen molar-refractivity contribution >= 4 is 0 Å². The fourth-order valence-corrected chi connectivity index (χ4v) is 2.67. The van der Waals surface area contributed by atoms with Gasteiger partial charge in [-0.25, -0.2) is 4.39 Å². The van der Waals surface area contributed by atoms with E-state index in [1.807, 2.05) is 13.8 Å². The third-order valence-electron chi connectivity index (χ3n) is 3.66. The average molecular weight is 303 g/mol. The molecule has 0 spiro atoms. The average Bonchev–Trinajstić information content (AvgIpc) is 2.48. The Balaban J connectivity index is 1.99. The summed E-state index contributed by atoms with van der Waals surface area (Å²) in [6.07, 6.45) is 0. The first-order valence-corrected chi connectivity index (χ1v) is 7.28. The van der Waals surface area contributed by atoms with E-state index in [0.29, 0.717) is 12.1 Å². The van der Waals surface area contributed by atoms with Gasteiger partial charge in [-0.15, -0.1) is 0 Å². The first kappa shape index (κ1) is 16.5. The van der Waals surface area contributed by atoms with Gasteiger partial charge in [-0.3, -0.25) is 0 Å². The van der Waals surface area contributed by atoms with Crippen molar-refractivity contribution in [3.8, 4) is 5.75 Å². The third-order valence-corrected chi connectivity index (χ3v) is 3.66. The molecule has 2 N–H and O–H groups in total. The Morgan fingerprint density at radius 3 is 2.27 bits per heavy atom. The Morgan fingerprint density at radius 2 is 1.68 bits per heavy atom. The Labute approximate surface area is 130 Å². The van der Waals surface area contributed by atoms with Gasteiger partial charge in [0.25, 0.3) is 0 Å². The van der Waals surface area contributed by atoms with Gasteiger partial charge >= 0.3 is 0 Å². The molecule has 0 saturated carbocycles. The monoisotopic (exact) mass is 303 g/mol. The fourth-order valence-electron chi connectivity index (χ4n) is 2.67. The second-order valence-electron chi connectivity index (χ2n) is 5.45. The number of aliphatic hydroxyl groups excluding tert-OH is 1. The Kier molecular flexibility index (Phi) is 5.52. The molecular formula is C18H22FNO2. The molecule has 0 atom stereocenters. The smallest absolute Gasteiger partial charge is 0.128 e. The third kappa shape index (κ3) is 3.84. The molecule has 0 saturated heterocycles. The molecule has 0 fully saturated rings. The first-order valence-electron chi connectivity index (χ1n) is 7.28. The minimum Gasteiger partial charge on any atom is -0.496 e. The Hall–Kier alpha value is -1.91. The van der Waals surface area contributed by atoms with Crippen molar-refractivity contribution in [2.45, 2.75) is 33.5 Å². The predicted octanol–water partition coefficient (Wildman–Crippen LogP) is 3.23. The van der Waals surface area contributed by atoms with Gasteiger partial charge in [0.2, 0.25) is 0 Å². The zero-order valence-corrected chi connectivity index (χ0v) is 13.2. The van der Waals surface area contributed by atoms with E-state index in [0.717, 1.165) is 29.0 Å². The number of rotatable bonds is 6. The van der Waals surface area contributed by atoms with E-state index in [1.54, 1.807) is 19.2 Å². The normalized spacial score (nSPS) is 10.8. The topological polar surface area (TPSA) is 41.5 Å². The second-order valence-corrected chi connectivity index (χ2v) is 5.45. The number of halogens is 1. The lowest BCUT2D eigenvalue weighted by atomic mass is 10.1. The van der Waals surface area contributed by atoms with E-state index in [9.17, 15) is 4.39 Å². The van der Waals surface area contributed by atoms with Gasteiger partial charge in [-0.05, 0) is 48.2 Å². The van der Waals surface area contributed by atoms with Crippen LogP contribution in [0.25, 0.3) is 0 Å². The number of aliphatic hydroxyl groups is 1. The minimum absolute atomic E-state index is 0.281. The molecule has 2 rings (SSSR count). The van der Waals surface area contributed by atoms with Crippen LogP contribution in [0.1, 0.15) is 27.8 Å². The van der Waals surface area contributed by atoms with Crippen molar-refractivity contribution in [1.29, 1.82) is 0 Å². The molecule has 4 heteroatoms. The number of aryl methyl sites for hydroxylation is 2. The molecule has 0 heterocycles. The summed E-state index contributed by atoms with van der Waals surface area (Å²) in [4.78, 5) is 0. The number of methoxy groups -OCH3 is 1. The van der Waals surface area contributed by atoms with E-state index in [4.69, 9.17) is 9.84 Å². The quantitative estimate of drug-likeness (QED) is 0.861. The van der Waals surface area contributed by atoms with E-state index < -0.39 is 0 Å². The highest BCUT2D eigenvalue weighted by molar-refractivity contribution is 5.43. The maximum absolute atomic E-state index is 13.3. The van der Waals surface area contributed by atoms with Crippen LogP contribution in [0.2, 0.25) is 0 Å². The van der Waals surface area contributed by atoms with Crippen molar-refractivity contribution in [2.24, 2.45) is 0 Å².